The van der Waals surface area contributed by atoms with Crippen molar-refractivity contribution in [3.63, 3.8) is 0 Å². The highest BCUT2D eigenvalue weighted by Crippen LogP contribution is 2.51. The summed E-state index contributed by atoms with van der Waals surface area (Å²) in [5, 5.41) is 9.42. The first kappa shape index (κ1) is 41.3. The number of nitrogens with zero attached hydrogens (tertiary/aromatic N) is 3. The number of furan rings is 2. The fourth-order valence-corrected chi connectivity index (χ4v) is 12.3. The lowest BCUT2D eigenvalue weighted by Crippen LogP contribution is -2.56. The van der Waals surface area contributed by atoms with Gasteiger partial charge in [-0.25, -0.2) is 0 Å². The number of para-hydroxylation sites is 3. The molecule has 2 aliphatic rings. The minimum Gasteiger partial charge on any atom is -0.456 e. The van der Waals surface area contributed by atoms with Crippen LogP contribution in [0.5, 0.6) is 0 Å². The maximum atomic E-state index is 6.81. The molecule has 0 saturated heterocycles. The van der Waals surface area contributed by atoms with Crippen molar-refractivity contribution < 1.29 is 8.83 Å². The third-order valence-electron chi connectivity index (χ3n) is 15.8. The second-order valence-corrected chi connectivity index (χ2v) is 22.1. The Hall–Kier alpha value is -8.48. The summed E-state index contributed by atoms with van der Waals surface area (Å²) < 4.78 is 16.0. The van der Waals surface area contributed by atoms with Crippen LogP contribution in [0.25, 0.3) is 87.6 Å². The maximum absolute atomic E-state index is 6.81. The van der Waals surface area contributed by atoms with Crippen LogP contribution in [0, 0.1) is 0 Å². The van der Waals surface area contributed by atoms with Gasteiger partial charge in [0, 0.05) is 83.0 Å². The van der Waals surface area contributed by atoms with Gasteiger partial charge < -0.3 is 23.1 Å². The lowest BCUT2D eigenvalue weighted by Gasteiger charge is -2.41. The molecule has 0 unspecified atom stereocenters. The highest BCUT2D eigenvalue weighted by molar-refractivity contribution is 6.90. The molecular weight excluding hydrogens is 878 g/mol. The number of hydrogen-bond donors (Lipinski definition) is 0. The molecule has 72 heavy (non-hydrogen) atoms. The van der Waals surface area contributed by atoms with Crippen molar-refractivity contribution >= 4 is 128 Å². The van der Waals surface area contributed by atoms with Crippen LogP contribution < -0.4 is 20.7 Å². The molecule has 0 amide bonds. The summed E-state index contributed by atoms with van der Waals surface area (Å²) in [6.45, 7) is 13.5. The largest absolute Gasteiger partial charge is 0.456 e. The summed E-state index contributed by atoms with van der Waals surface area (Å²) in [6, 6.07) is 72.2. The van der Waals surface area contributed by atoms with Gasteiger partial charge in [0.2, 0.25) is 0 Å². The summed E-state index contributed by atoms with van der Waals surface area (Å²) in [6.07, 6.45) is 0. The van der Waals surface area contributed by atoms with Gasteiger partial charge in [-0.1, -0.05) is 151 Å². The van der Waals surface area contributed by atoms with Gasteiger partial charge in [-0.3, -0.25) is 0 Å². The van der Waals surface area contributed by atoms with Gasteiger partial charge in [0.05, 0.1) is 0 Å². The third kappa shape index (κ3) is 5.84. The molecule has 0 radical (unpaired) electrons. The van der Waals surface area contributed by atoms with Crippen LogP contribution in [0.1, 0.15) is 52.7 Å². The first-order valence-corrected chi connectivity index (χ1v) is 25.3. The molecule has 10 aromatic carbocycles. The molecule has 0 atom stereocenters. The van der Waals surface area contributed by atoms with E-state index in [-0.39, 0.29) is 17.7 Å². The third-order valence-corrected chi connectivity index (χ3v) is 15.8. The van der Waals surface area contributed by atoms with Crippen molar-refractivity contribution in [2.24, 2.45) is 0 Å². The number of fused-ring (bicyclic) bond motifs is 15. The smallest absolute Gasteiger partial charge is 0.333 e. The van der Waals surface area contributed by atoms with E-state index in [1.807, 2.05) is 6.07 Å². The van der Waals surface area contributed by atoms with Crippen LogP contribution in [-0.4, -0.2) is 11.3 Å². The maximum Gasteiger partial charge on any atom is 0.333 e. The zero-order chi connectivity index (χ0) is 48.4. The Balaban J connectivity index is 1.09. The van der Waals surface area contributed by atoms with Crippen LogP contribution in [-0.2, 0) is 10.8 Å². The zero-order valence-electron chi connectivity index (χ0n) is 41.2. The van der Waals surface area contributed by atoms with Gasteiger partial charge in [-0.15, -0.1) is 0 Å². The van der Waals surface area contributed by atoms with Crippen LogP contribution >= 0.6 is 0 Å². The van der Waals surface area contributed by atoms with Crippen molar-refractivity contribution in [1.82, 2.24) is 4.48 Å². The van der Waals surface area contributed by atoms with E-state index in [1.54, 1.807) is 0 Å². The molecular formula is C66H50BN3O2. The molecule has 2 aliphatic heterocycles. The second kappa shape index (κ2) is 14.6. The molecule has 3 aromatic heterocycles. The fraction of sp³-hybridized carbons (Fsp3) is 0.121. The predicted molar refractivity (Wildman–Crippen MR) is 304 cm³/mol. The van der Waals surface area contributed by atoms with Gasteiger partial charge in [-0.05, 0) is 134 Å². The Kier molecular flexibility index (Phi) is 8.35. The van der Waals surface area contributed by atoms with Crippen molar-refractivity contribution in [3.8, 4) is 11.1 Å². The number of anilines is 6. The number of rotatable bonds is 4. The predicted octanol–water partition coefficient (Wildman–Crippen LogP) is 17.2. The van der Waals surface area contributed by atoms with Crippen molar-refractivity contribution in [1.29, 1.82) is 0 Å². The molecule has 13 aromatic rings. The molecule has 0 bridgehead atoms. The highest BCUT2D eigenvalue weighted by atomic mass is 16.3. The number of hydrogen-bond acceptors (Lipinski definition) is 4. The average molecular weight is 928 g/mol. The van der Waals surface area contributed by atoms with Gasteiger partial charge in [0.15, 0.2) is 0 Å². The van der Waals surface area contributed by atoms with Crippen molar-refractivity contribution in [2.75, 3.05) is 9.80 Å². The number of aromatic nitrogens is 1. The fourth-order valence-electron chi connectivity index (χ4n) is 12.3. The lowest BCUT2D eigenvalue weighted by molar-refractivity contribution is 0.590. The van der Waals surface area contributed by atoms with E-state index in [0.29, 0.717) is 0 Å². The second-order valence-electron chi connectivity index (χ2n) is 22.1. The molecule has 0 N–H and O–H groups in total. The van der Waals surface area contributed by atoms with Gasteiger partial charge in [0.25, 0.3) is 0 Å². The molecule has 5 heterocycles. The highest BCUT2D eigenvalue weighted by Gasteiger charge is 2.44. The Morgan fingerprint density at radius 3 is 1.71 bits per heavy atom. The monoisotopic (exact) mass is 927 g/mol. The van der Waals surface area contributed by atoms with E-state index in [1.165, 1.54) is 65.8 Å². The van der Waals surface area contributed by atoms with Crippen molar-refractivity contribution in [3.05, 3.63) is 205 Å². The van der Waals surface area contributed by atoms with Crippen LogP contribution in [0.2, 0.25) is 0 Å². The van der Waals surface area contributed by atoms with E-state index in [4.69, 9.17) is 8.83 Å². The lowest BCUT2D eigenvalue weighted by atomic mass is 9.45. The average Bonchev–Trinajstić information content (AvgIpc) is 4.06. The quantitative estimate of drug-likeness (QED) is 0.165. The molecule has 0 saturated carbocycles. The minimum atomic E-state index is -0.187. The molecule has 5 nitrogen and oxygen atoms in total. The van der Waals surface area contributed by atoms with Gasteiger partial charge >= 0.3 is 6.85 Å². The Morgan fingerprint density at radius 1 is 0.431 bits per heavy atom. The Morgan fingerprint density at radius 2 is 1.03 bits per heavy atom. The summed E-state index contributed by atoms with van der Waals surface area (Å²) in [5.74, 6) is 0. The number of benzene rings is 10. The standard InChI is InChI=1S/C66H50BN3O2/c1-65(2,3)40-23-27-42(28-24-40)68(43-29-25-41(26-30-43)66(4,5)6)45-35-53-49-18-13-19-50-62-46-15-8-7-14-39(46)22-32-55(62)70(64(49)50)67-54-38-61-52(48-17-10-12-21-59(48)72-61)37-56(54)69(57(36-45)63(53)67)44-31-33-60-51(34-44)47-16-9-11-20-58(47)71-60/h7-38H,1-6H3. The van der Waals surface area contributed by atoms with Gasteiger partial charge in [0.1, 0.15) is 22.3 Å². The normalized spacial score (nSPS) is 13.4. The topological polar surface area (TPSA) is 37.7 Å². The van der Waals surface area contributed by atoms with Crippen LogP contribution in [0.3, 0.4) is 0 Å². The zero-order valence-corrected chi connectivity index (χ0v) is 41.2. The molecule has 0 fully saturated rings. The van der Waals surface area contributed by atoms with E-state index in [2.05, 4.69) is 244 Å². The Bertz CT molecular complexity index is 4370. The summed E-state index contributed by atoms with van der Waals surface area (Å²) in [4.78, 5) is 5.00. The molecule has 6 heteroatoms. The van der Waals surface area contributed by atoms with E-state index >= 15 is 0 Å². The summed E-state index contributed by atoms with van der Waals surface area (Å²) >= 11 is 0. The first-order chi connectivity index (χ1) is 35.0. The van der Waals surface area contributed by atoms with E-state index in [0.717, 1.165) is 78.0 Å². The van der Waals surface area contributed by atoms with E-state index < -0.39 is 0 Å². The molecule has 344 valence electrons. The minimum absolute atomic E-state index is 0.00617. The molecule has 0 spiro atoms. The molecule has 0 aliphatic carbocycles. The Labute approximate surface area is 418 Å². The summed E-state index contributed by atoms with van der Waals surface area (Å²) in [5.41, 5.74) is 20.1. The van der Waals surface area contributed by atoms with Gasteiger partial charge in [-0.2, -0.15) is 0 Å². The SMILES string of the molecule is CC(C)(C)c1ccc(N(c2ccc(C(C)(C)C)cc2)c2cc3c4c(c2)N(c2ccc5oc6ccccc6c5c2)c2cc5c(cc2B4n2c4ccc6ccccc6c4c4cccc-3c42)oc2ccccc25)cc1. The van der Waals surface area contributed by atoms with Crippen molar-refractivity contribution in [2.45, 2.75) is 52.4 Å². The van der Waals surface area contributed by atoms with E-state index in [9.17, 15) is 0 Å². The first-order valence-electron chi connectivity index (χ1n) is 25.3. The molecule has 15 rings (SSSR count). The van der Waals surface area contributed by atoms with Crippen LogP contribution in [0.4, 0.5) is 34.1 Å². The van der Waals surface area contributed by atoms with Crippen LogP contribution in [0.15, 0.2) is 203 Å². The summed E-state index contributed by atoms with van der Waals surface area (Å²) in [7, 11) is 0.